The third-order valence-electron chi connectivity index (χ3n) is 2.86. The third kappa shape index (κ3) is 4.61. The van der Waals surface area contributed by atoms with E-state index >= 15 is 0 Å². The lowest BCUT2D eigenvalue weighted by atomic mass is 10.1. The Morgan fingerprint density at radius 1 is 1.35 bits per heavy atom. The zero-order valence-electron chi connectivity index (χ0n) is 12.2. The Hall–Kier alpha value is -1.40. The van der Waals surface area contributed by atoms with Crippen LogP contribution in [0.25, 0.3) is 0 Å². The normalized spacial score (nSPS) is 25.1. The molecule has 7 heteroatoms. The Labute approximate surface area is 117 Å². The number of hydrogen-bond donors (Lipinski definition) is 1. The van der Waals surface area contributed by atoms with Crippen LogP contribution in [0.4, 0.5) is 13.6 Å². The average Bonchev–Trinajstić information content (AvgIpc) is 2.52. The molecule has 0 aromatic carbocycles. The molecule has 1 rings (SSSR count). The number of nitrogens with one attached hydrogen (secondary N) is 1. The molecule has 1 aliphatic rings. The first-order chi connectivity index (χ1) is 9.05. The number of halogens is 2. The maximum Gasteiger partial charge on any atom is 0.408 e. The van der Waals surface area contributed by atoms with Crippen LogP contribution in [0.3, 0.4) is 0 Å². The first-order valence-electron chi connectivity index (χ1n) is 6.59. The molecule has 5 nitrogen and oxygen atoms in total. The molecule has 0 heterocycles. The molecule has 0 unspecified atom stereocenters. The molecule has 2 atom stereocenters. The molecule has 0 saturated heterocycles. The molecule has 1 amide bonds. The highest BCUT2D eigenvalue weighted by atomic mass is 19.3. The van der Waals surface area contributed by atoms with Gasteiger partial charge in [-0.3, -0.25) is 4.79 Å². The van der Waals surface area contributed by atoms with Gasteiger partial charge in [-0.25, -0.2) is 13.6 Å². The van der Waals surface area contributed by atoms with Crippen molar-refractivity contribution >= 4 is 12.1 Å². The van der Waals surface area contributed by atoms with Gasteiger partial charge in [-0.2, -0.15) is 0 Å². The topological polar surface area (TPSA) is 64.6 Å². The van der Waals surface area contributed by atoms with Crippen molar-refractivity contribution in [3.05, 3.63) is 0 Å². The molecule has 20 heavy (non-hydrogen) atoms. The highest BCUT2D eigenvalue weighted by molar-refractivity contribution is 5.74. The summed E-state index contributed by atoms with van der Waals surface area (Å²) in [5, 5.41) is 2.13. The average molecular weight is 293 g/mol. The van der Waals surface area contributed by atoms with E-state index in [4.69, 9.17) is 9.47 Å². The summed E-state index contributed by atoms with van der Waals surface area (Å²) >= 11 is 0. The summed E-state index contributed by atoms with van der Waals surface area (Å²) in [6, 6.07) is -1.41. The number of esters is 1. The lowest BCUT2D eigenvalue weighted by Crippen LogP contribution is -2.45. The minimum Gasteiger partial charge on any atom is -0.466 e. The maximum absolute atomic E-state index is 13.8. The SMILES string of the molecule is CCOC(=O)[C@@H]1C[C@H](NC(=O)OC(C)(C)C)C(F)(F)C1. The summed E-state index contributed by atoms with van der Waals surface area (Å²) in [6.07, 6.45) is -1.68. The predicted octanol–water partition coefficient (Wildman–Crippen LogP) is 2.49. The van der Waals surface area contributed by atoms with Crippen LogP contribution >= 0.6 is 0 Å². The van der Waals surface area contributed by atoms with Gasteiger partial charge in [0, 0.05) is 6.42 Å². The fourth-order valence-electron chi connectivity index (χ4n) is 2.07. The molecule has 1 fully saturated rings. The third-order valence-corrected chi connectivity index (χ3v) is 2.86. The summed E-state index contributed by atoms with van der Waals surface area (Å²) in [6.45, 7) is 6.68. The van der Waals surface area contributed by atoms with E-state index < -0.39 is 42.0 Å². The van der Waals surface area contributed by atoms with Crippen molar-refractivity contribution in [2.45, 2.75) is 58.1 Å². The maximum atomic E-state index is 13.8. The van der Waals surface area contributed by atoms with Crippen LogP contribution in [-0.2, 0) is 14.3 Å². The number of hydrogen-bond acceptors (Lipinski definition) is 4. The first-order valence-corrected chi connectivity index (χ1v) is 6.59. The Bertz CT molecular complexity index is 379. The van der Waals surface area contributed by atoms with Crippen LogP contribution in [-0.4, -0.2) is 36.2 Å². The zero-order chi connectivity index (χ0) is 15.6. The van der Waals surface area contributed by atoms with Crippen LogP contribution in [0.2, 0.25) is 0 Å². The molecule has 1 saturated carbocycles. The van der Waals surface area contributed by atoms with E-state index in [2.05, 4.69) is 5.32 Å². The Morgan fingerprint density at radius 2 is 1.95 bits per heavy atom. The van der Waals surface area contributed by atoms with Crippen molar-refractivity contribution in [2.24, 2.45) is 5.92 Å². The molecule has 0 spiro atoms. The molecular formula is C13H21F2NO4. The second kappa shape index (κ2) is 5.93. The van der Waals surface area contributed by atoms with E-state index in [0.717, 1.165) is 0 Å². The first kappa shape index (κ1) is 16.7. The van der Waals surface area contributed by atoms with Gasteiger partial charge >= 0.3 is 12.1 Å². The number of carbonyl (C=O) groups is 2. The van der Waals surface area contributed by atoms with Crippen molar-refractivity contribution < 1.29 is 27.8 Å². The molecule has 0 aromatic rings. The van der Waals surface area contributed by atoms with Crippen molar-refractivity contribution in [3.63, 3.8) is 0 Å². The number of carbonyl (C=O) groups excluding carboxylic acids is 2. The number of ether oxygens (including phenoxy) is 2. The van der Waals surface area contributed by atoms with Crippen molar-refractivity contribution in [1.82, 2.24) is 5.32 Å². The monoisotopic (exact) mass is 293 g/mol. The second-order valence-corrected chi connectivity index (χ2v) is 5.85. The standard InChI is InChI=1S/C13H21F2NO4/c1-5-19-10(17)8-6-9(13(14,15)7-8)16-11(18)20-12(2,3)4/h8-9H,5-7H2,1-4H3,(H,16,18)/t8-,9+/m1/s1. The lowest BCUT2D eigenvalue weighted by molar-refractivity contribution is -0.148. The van der Waals surface area contributed by atoms with E-state index in [1.807, 2.05) is 0 Å². The molecule has 1 N–H and O–H groups in total. The summed E-state index contributed by atoms with van der Waals surface area (Å²) in [5.41, 5.74) is -0.765. The molecule has 0 bridgehead atoms. The van der Waals surface area contributed by atoms with Gasteiger partial charge in [0.1, 0.15) is 5.60 Å². The Kier molecular flexibility index (Phi) is 4.94. The predicted molar refractivity (Wildman–Crippen MR) is 67.5 cm³/mol. The number of rotatable bonds is 3. The highest BCUT2D eigenvalue weighted by Crippen LogP contribution is 2.40. The van der Waals surface area contributed by atoms with Gasteiger partial charge < -0.3 is 14.8 Å². The van der Waals surface area contributed by atoms with Crippen LogP contribution in [0.5, 0.6) is 0 Å². The number of alkyl halides is 2. The zero-order valence-corrected chi connectivity index (χ0v) is 12.2. The van der Waals surface area contributed by atoms with E-state index in [-0.39, 0.29) is 13.0 Å². The summed E-state index contributed by atoms with van der Waals surface area (Å²) in [4.78, 5) is 23.0. The van der Waals surface area contributed by atoms with Crippen LogP contribution < -0.4 is 5.32 Å². The second-order valence-electron chi connectivity index (χ2n) is 5.85. The van der Waals surface area contributed by atoms with E-state index in [0.29, 0.717) is 0 Å². The molecule has 0 radical (unpaired) electrons. The molecular weight excluding hydrogens is 272 g/mol. The fraction of sp³-hybridized carbons (Fsp3) is 0.846. The summed E-state index contributed by atoms with van der Waals surface area (Å²) in [5.74, 6) is -4.69. The largest absolute Gasteiger partial charge is 0.466 e. The van der Waals surface area contributed by atoms with Crippen LogP contribution in [0.1, 0.15) is 40.5 Å². The van der Waals surface area contributed by atoms with Crippen LogP contribution in [0.15, 0.2) is 0 Å². The van der Waals surface area contributed by atoms with Gasteiger partial charge in [0.15, 0.2) is 0 Å². The van der Waals surface area contributed by atoms with Crippen LogP contribution in [0, 0.1) is 5.92 Å². The molecule has 0 aliphatic heterocycles. The van der Waals surface area contributed by atoms with Crippen molar-refractivity contribution in [1.29, 1.82) is 0 Å². The highest BCUT2D eigenvalue weighted by Gasteiger charge is 2.52. The van der Waals surface area contributed by atoms with Gasteiger partial charge in [-0.1, -0.05) is 0 Å². The van der Waals surface area contributed by atoms with Gasteiger partial charge in [-0.15, -0.1) is 0 Å². The van der Waals surface area contributed by atoms with Gasteiger partial charge in [0.05, 0.1) is 18.6 Å². The molecule has 0 aromatic heterocycles. The lowest BCUT2D eigenvalue weighted by Gasteiger charge is -2.24. The van der Waals surface area contributed by atoms with Gasteiger partial charge in [0.2, 0.25) is 0 Å². The number of alkyl carbamates (subject to hydrolysis) is 1. The number of amides is 1. The van der Waals surface area contributed by atoms with Crippen molar-refractivity contribution in [2.75, 3.05) is 6.61 Å². The van der Waals surface area contributed by atoms with Crippen molar-refractivity contribution in [3.8, 4) is 0 Å². The molecule has 1 aliphatic carbocycles. The minimum atomic E-state index is -3.14. The quantitative estimate of drug-likeness (QED) is 0.812. The van der Waals surface area contributed by atoms with E-state index in [9.17, 15) is 18.4 Å². The Morgan fingerprint density at radius 3 is 2.45 bits per heavy atom. The van der Waals surface area contributed by atoms with Gasteiger partial charge in [-0.05, 0) is 34.1 Å². The summed E-state index contributed by atoms with van der Waals surface area (Å²) < 4.78 is 37.2. The minimum absolute atomic E-state index is 0.144. The van der Waals surface area contributed by atoms with E-state index in [1.54, 1.807) is 27.7 Å². The fourth-order valence-corrected chi connectivity index (χ4v) is 2.07. The smallest absolute Gasteiger partial charge is 0.408 e. The van der Waals surface area contributed by atoms with E-state index in [1.165, 1.54) is 0 Å². The van der Waals surface area contributed by atoms with Gasteiger partial charge in [0.25, 0.3) is 5.92 Å². The molecule has 116 valence electrons. The summed E-state index contributed by atoms with van der Waals surface area (Å²) in [7, 11) is 0. The Balaban J connectivity index is 2.62.